The molecule has 0 amide bonds. The van der Waals surface area contributed by atoms with Gasteiger partial charge in [-0.05, 0) is 38.3 Å². The molecule has 0 bridgehead atoms. The molecule has 0 atom stereocenters. The number of hydrogen-bond acceptors (Lipinski definition) is 6. The minimum Gasteiger partial charge on any atom is -0.461 e. The van der Waals surface area contributed by atoms with Gasteiger partial charge >= 0.3 is 6.01 Å². The molecule has 0 saturated heterocycles. The fourth-order valence-electron chi connectivity index (χ4n) is 1.40. The first kappa shape index (κ1) is 16.9. The quantitative estimate of drug-likeness (QED) is 0.670. The zero-order valence-electron chi connectivity index (χ0n) is 12.4. The number of nitrogens with zero attached hydrogens (tertiary/aromatic N) is 3. The Kier molecular flexibility index (Phi) is 8.22. The van der Waals surface area contributed by atoms with Crippen LogP contribution in [0.2, 0.25) is 5.28 Å². The van der Waals surface area contributed by atoms with E-state index in [2.05, 4.69) is 27.2 Å². The Hall–Kier alpha value is -1.14. The number of anilines is 1. The molecule has 1 N–H and O–H groups in total. The van der Waals surface area contributed by atoms with E-state index in [1.165, 1.54) is 0 Å². The highest BCUT2D eigenvalue weighted by Crippen LogP contribution is 2.12. The summed E-state index contributed by atoms with van der Waals surface area (Å²) in [6.45, 7) is 8.21. The molecule has 1 rings (SSSR count). The average Bonchev–Trinajstić information content (AvgIpc) is 2.36. The molecule has 7 heteroatoms. The monoisotopic (exact) mass is 302 g/mol. The van der Waals surface area contributed by atoms with Gasteiger partial charge in [-0.3, -0.25) is 0 Å². The predicted octanol–water partition coefficient (Wildman–Crippen LogP) is 2.93. The van der Waals surface area contributed by atoms with Crippen molar-refractivity contribution in [1.29, 1.82) is 0 Å². The zero-order valence-corrected chi connectivity index (χ0v) is 13.1. The van der Waals surface area contributed by atoms with Crippen LogP contribution >= 0.6 is 11.6 Å². The van der Waals surface area contributed by atoms with Crippen molar-refractivity contribution < 1.29 is 9.47 Å². The first-order valence-electron chi connectivity index (χ1n) is 7.01. The molecule has 0 aromatic carbocycles. The van der Waals surface area contributed by atoms with Crippen LogP contribution in [0.25, 0.3) is 0 Å². The minimum atomic E-state index is -0.00622. The number of halogens is 1. The van der Waals surface area contributed by atoms with Crippen molar-refractivity contribution in [1.82, 2.24) is 15.0 Å². The molecule has 1 aromatic heterocycles. The van der Waals surface area contributed by atoms with E-state index in [0.29, 0.717) is 12.5 Å². The molecule has 0 saturated carbocycles. The lowest BCUT2D eigenvalue weighted by Gasteiger charge is -2.09. The van der Waals surface area contributed by atoms with Gasteiger partial charge in [0.25, 0.3) is 0 Å². The highest BCUT2D eigenvalue weighted by atomic mass is 35.5. The Labute approximate surface area is 125 Å². The average molecular weight is 303 g/mol. The second-order valence-electron chi connectivity index (χ2n) is 4.62. The summed E-state index contributed by atoms with van der Waals surface area (Å²) in [4.78, 5) is 12.0. The third-order valence-electron chi connectivity index (χ3n) is 2.32. The van der Waals surface area contributed by atoms with E-state index < -0.39 is 0 Å². The number of rotatable bonds is 10. The van der Waals surface area contributed by atoms with E-state index in [9.17, 15) is 0 Å². The summed E-state index contributed by atoms with van der Waals surface area (Å²) in [5.74, 6) is 0.425. The largest absolute Gasteiger partial charge is 0.461 e. The molecular formula is C13H23ClN4O2. The maximum atomic E-state index is 5.82. The summed E-state index contributed by atoms with van der Waals surface area (Å²) in [5, 5.41) is 3.21. The summed E-state index contributed by atoms with van der Waals surface area (Å²) < 4.78 is 10.9. The zero-order chi connectivity index (χ0) is 14.8. The van der Waals surface area contributed by atoms with Crippen molar-refractivity contribution in [2.75, 3.05) is 25.1 Å². The molecule has 1 heterocycles. The molecule has 0 spiro atoms. The van der Waals surface area contributed by atoms with Gasteiger partial charge in [-0.2, -0.15) is 15.0 Å². The summed E-state index contributed by atoms with van der Waals surface area (Å²) >= 11 is 5.82. The van der Waals surface area contributed by atoms with Gasteiger partial charge < -0.3 is 14.8 Å². The Morgan fingerprint density at radius 1 is 1.15 bits per heavy atom. The number of aromatic nitrogens is 3. The molecule has 0 aliphatic carbocycles. The molecule has 0 aliphatic rings. The first-order valence-corrected chi connectivity index (χ1v) is 7.39. The van der Waals surface area contributed by atoms with Crippen molar-refractivity contribution in [2.24, 2.45) is 0 Å². The van der Waals surface area contributed by atoms with Gasteiger partial charge in [0.1, 0.15) is 0 Å². The van der Waals surface area contributed by atoms with E-state index >= 15 is 0 Å². The van der Waals surface area contributed by atoms with Crippen LogP contribution < -0.4 is 10.1 Å². The number of nitrogens with one attached hydrogen (secondary N) is 1. The lowest BCUT2D eigenvalue weighted by atomic mass is 10.4. The van der Waals surface area contributed by atoms with Crippen LogP contribution in [0.4, 0.5) is 5.95 Å². The molecule has 0 aliphatic heterocycles. The van der Waals surface area contributed by atoms with Crippen molar-refractivity contribution in [3.8, 4) is 6.01 Å². The van der Waals surface area contributed by atoms with Gasteiger partial charge in [-0.1, -0.05) is 13.3 Å². The van der Waals surface area contributed by atoms with Gasteiger partial charge in [0.05, 0.1) is 6.10 Å². The topological polar surface area (TPSA) is 69.2 Å². The molecular weight excluding hydrogens is 280 g/mol. The summed E-state index contributed by atoms with van der Waals surface area (Å²) in [7, 11) is 0. The second kappa shape index (κ2) is 9.72. The first-order chi connectivity index (χ1) is 9.61. The second-order valence-corrected chi connectivity index (χ2v) is 4.96. The number of ether oxygens (including phenoxy) is 2. The summed E-state index contributed by atoms with van der Waals surface area (Å²) in [6, 6.07) is 0.238. The standard InChI is InChI=1S/C13H23ClN4O2/c1-4-5-8-19-9-6-7-15-12-16-11(14)17-13(18-12)20-10(2)3/h10H,4-9H2,1-3H3,(H,15,16,17,18). The highest BCUT2D eigenvalue weighted by Gasteiger charge is 2.07. The van der Waals surface area contributed by atoms with Gasteiger partial charge in [-0.25, -0.2) is 0 Å². The van der Waals surface area contributed by atoms with Gasteiger partial charge in [0.2, 0.25) is 11.2 Å². The lowest BCUT2D eigenvalue weighted by molar-refractivity contribution is 0.131. The number of unbranched alkanes of at least 4 members (excludes halogenated alkanes) is 1. The Balaban J connectivity index is 2.30. The van der Waals surface area contributed by atoms with E-state index in [-0.39, 0.29) is 17.4 Å². The van der Waals surface area contributed by atoms with Crippen LogP contribution in [0.15, 0.2) is 0 Å². The maximum absolute atomic E-state index is 5.82. The molecule has 114 valence electrons. The third-order valence-corrected chi connectivity index (χ3v) is 2.49. The van der Waals surface area contributed by atoms with Crippen LogP contribution in [0.3, 0.4) is 0 Å². The Morgan fingerprint density at radius 3 is 2.60 bits per heavy atom. The lowest BCUT2D eigenvalue weighted by Crippen LogP contribution is -2.13. The van der Waals surface area contributed by atoms with E-state index in [1.807, 2.05) is 13.8 Å². The van der Waals surface area contributed by atoms with E-state index in [1.54, 1.807) is 0 Å². The van der Waals surface area contributed by atoms with Crippen LogP contribution in [-0.4, -0.2) is 40.8 Å². The van der Waals surface area contributed by atoms with Crippen molar-refractivity contribution in [2.45, 2.75) is 46.1 Å². The fraction of sp³-hybridized carbons (Fsp3) is 0.769. The predicted molar refractivity (Wildman–Crippen MR) is 79.4 cm³/mol. The Bertz CT molecular complexity index is 391. The van der Waals surface area contributed by atoms with Crippen LogP contribution in [0.1, 0.15) is 40.0 Å². The molecule has 0 fully saturated rings. The summed E-state index contributed by atoms with van der Waals surface area (Å²) in [6.07, 6.45) is 3.13. The minimum absolute atomic E-state index is 0.00622. The highest BCUT2D eigenvalue weighted by molar-refractivity contribution is 6.28. The van der Waals surface area contributed by atoms with Gasteiger partial charge in [0.15, 0.2) is 0 Å². The third kappa shape index (κ3) is 7.45. The van der Waals surface area contributed by atoms with Crippen molar-refractivity contribution in [3.63, 3.8) is 0 Å². The molecule has 0 unspecified atom stereocenters. The molecule has 1 aromatic rings. The maximum Gasteiger partial charge on any atom is 0.322 e. The summed E-state index contributed by atoms with van der Waals surface area (Å²) in [5.41, 5.74) is 0. The van der Waals surface area contributed by atoms with E-state index in [0.717, 1.165) is 32.5 Å². The molecule has 20 heavy (non-hydrogen) atoms. The molecule has 0 radical (unpaired) electrons. The fourth-order valence-corrected chi connectivity index (χ4v) is 1.55. The van der Waals surface area contributed by atoms with Gasteiger partial charge in [-0.15, -0.1) is 0 Å². The van der Waals surface area contributed by atoms with Crippen LogP contribution in [0, 0.1) is 0 Å². The Morgan fingerprint density at radius 2 is 1.90 bits per heavy atom. The van der Waals surface area contributed by atoms with Crippen LogP contribution in [-0.2, 0) is 4.74 Å². The number of hydrogen-bond donors (Lipinski definition) is 1. The normalized spacial score (nSPS) is 10.8. The smallest absolute Gasteiger partial charge is 0.322 e. The van der Waals surface area contributed by atoms with Crippen LogP contribution in [0.5, 0.6) is 6.01 Å². The SMILES string of the molecule is CCCCOCCCNc1nc(Cl)nc(OC(C)C)n1. The molecule has 6 nitrogen and oxygen atoms in total. The van der Waals surface area contributed by atoms with Crippen molar-refractivity contribution >= 4 is 17.5 Å². The van der Waals surface area contributed by atoms with Gasteiger partial charge in [0, 0.05) is 19.8 Å². The van der Waals surface area contributed by atoms with Crippen molar-refractivity contribution in [3.05, 3.63) is 5.28 Å². The van der Waals surface area contributed by atoms with E-state index in [4.69, 9.17) is 21.1 Å².